The fraction of sp³-hybridized carbons (Fsp3) is 0.278. The number of hydrogen-bond donors (Lipinski definition) is 0. The molecule has 152 valence electrons. The highest BCUT2D eigenvalue weighted by Crippen LogP contribution is 2.41. The van der Waals surface area contributed by atoms with E-state index in [2.05, 4.69) is 4.74 Å². The smallest absolute Gasteiger partial charge is 0.340 e. The monoisotopic (exact) mass is 407 g/mol. The van der Waals surface area contributed by atoms with E-state index >= 15 is 0 Å². The van der Waals surface area contributed by atoms with Gasteiger partial charge in [-0.2, -0.15) is 0 Å². The Labute approximate surface area is 162 Å². The molecule has 1 heterocycles. The van der Waals surface area contributed by atoms with Crippen LogP contribution in [0.2, 0.25) is 0 Å². The van der Waals surface area contributed by atoms with Crippen molar-refractivity contribution in [2.75, 3.05) is 25.1 Å². The Kier molecular flexibility index (Phi) is 5.39. The maximum absolute atomic E-state index is 14.1. The highest BCUT2D eigenvalue weighted by molar-refractivity contribution is 5.99. The number of carbonyl (C=O) groups is 1. The molecule has 0 saturated carbocycles. The molecular formula is C18H15F2N3O6. The molecule has 0 N–H and O–H groups in total. The molecule has 1 atom stereocenters. The minimum absolute atomic E-state index is 0.0134. The number of esters is 1. The number of rotatable bonds is 5. The van der Waals surface area contributed by atoms with Gasteiger partial charge >= 0.3 is 5.97 Å². The first-order chi connectivity index (χ1) is 13.7. The second kappa shape index (κ2) is 7.78. The summed E-state index contributed by atoms with van der Waals surface area (Å²) in [5, 5.41) is 22.7. The molecule has 1 aliphatic heterocycles. The first kappa shape index (κ1) is 20.1. The molecule has 29 heavy (non-hydrogen) atoms. The topological polar surface area (TPSA) is 116 Å². The van der Waals surface area contributed by atoms with Crippen LogP contribution in [0.3, 0.4) is 0 Å². The van der Waals surface area contributed by atoms with Crippen molar-refractivity contribution < 1.29 is 28.2 Å². The molecule has 1 fully saturated rings. The minimum Gasteiger partial charge on any atom is -0.465 e. The van der Waals surface area contributed by atoms with Gasteiger partial charge in [0.2, 0.25) is 0 Å². The van der Waals surface area contributed by atoms with Gasteiger partial charge in [0.05, 0.1) is 28.6 Å². The van der Waals surface area contributed by atoms with Gasteiger partial charge in [-0.25, -0.2) is 13.6 Å². The van der Waals surface area contributed by atoms with E-state index in [1.807, 2.05) is 0 Å². The van der Waals surface area contributed by atoms with E-state index in [-0.39, 0.29) is 36.3 Å². The third-order valence-electron chi connectivity index (χ3n) is 4.80. The van der Waals surface area contributed by atoms with E-state index in [0.717, 1.165) is 31.4 Å². The number of benzene rings is 2. The van der Waals surface area contributed by atoms with Gasteiger partial charge in [-0.1, -0.05) is 6.07 Å². The maximum Gasteiger partial charge on any atom is 0.340 e. The molecule has 2 aromatic carbocycles. The summed E-state index contributed by atoms with van der Waals surface area (Å²) >= 11 is 0. The van der Waals surface area contributed by atoms with Crippen LogP contribution in [0, 0.1) is 31.9 Å². The number of hydrogen-bond acceptors (Lipinski definition) is 7. The second-order valence-corrected chi connectivity index (χ2v) is 6.43. The lowest BCUT2D eigenvalue weighted by Crippen LogP contribution is -2.24. The van der Waals surface area contributed by atoms with Gasteiger partial charge in [-0.15, -0.1) is 0 Å². The predicted octanol–water partition coefficient (Wildman–Crippen LogP) is 3.56. The Balaban J connectivity index is 2.09. The van der Waals surface area contributed by atoms with E-state index in [1.54, 1.807) is 0 Å². The van der Waals surface area contributed by atoms with Crippen molar-refractivity contribution in [3.05, 3.63) is 73.3 Å². The first-order valence-electron chi connectivity index (χ1n) is 8.48. The third kappa shape index (κ3) is 3.71. The normalized spacial score (nSPS) is 16.0. The molecule has 1 aliphatic rings. The number of methoxy groups -OCH3 is 1. The van der Waals surface area contributed by atoms with E-state index in [1.165, 1.54) is 11.0 Å². The number of nitro groups is 2. The Morgan fingerprint density at radius 3 is 2.38 bits per heavy atom. The summed E-state index contributed by atoms with van der Waals surface area (Å²) in [4.78, 5) is 34.6. The fourth-order valence-corrected chi connectivity index (χ4v) is 3.55. The summed E-state index contributed by atoms with van der Waals surface area (Å²) in [6.45, 7) is 0.140. The average Bonchev–Trinajstić information content (AvgIpc) is 3.15. The van der Waals surface area contributed by atoms with Crippen molar-refractivity contribution >= 4 is 23.0 Å². The Morgan fingerprint density at radius 2 is 1.83 bits per heavy atom. The minimum atomic E-state index is -0.993. The molecule has 3 rings (SSSR count). The van der Waals surface area contributed by atoms with Crippen LogP contribution < -0.4 is 4.90 Å². The number of ether oxygens (including phenoxy) is 1. The quantitative estimate of drug-likeness (QED) is 0.423. The van der Waals surface area contributed by atoms with Crippen LogP contribution in [0.25, 0.3) is 0 Å². The van der Waals surface area contributed by atoms with Crippen LogP contribution in [0.4, 0.5) is 25.8 Å². The van der Waals surface area contributed by atoms with Gasteiger partial charge < -0.3 is 9.64 Å². The molecule has 1 unspecified atom stereocenters. The molecule has 1 saturated heterocycles. The van der Waals surface area contributed by atoms with Crippen LogP contribution in [0.15, 0.2) is 30.3 Å². The fourth-order valence-electron chi connectivity index (χ4n) is 3.55. The molecule has 0 amide bonds. The van der Waals surface area contributed by atoms with Gasteiger partial charge in [0.1, 0.15) is 17.3 Å². The molecular weight excluding hydrogens is 392 g/mol. The predicted molar refractivity (Wildman–Crippen MR) is 97.0 cm³/mol. The zero-order valence-corrected chi connectivity index (χ0v) is 15.1. The van der Waals surface area contributed by atoms with Crippen LogP contribution in [-0.4, -0.2) is 36.0 Å². The summed E-state index contributed by atoms with van der Waals surface area (Å²) in [6.07, 6.45) is 0.270. The molecule has 0 bridgehead atoms. The standard InChI is InChI=1S/C18H15F2N3O6/c1-29-18(24)12-7-11(22(25)26)8-15(23(27)28)17(12)21-6-5-10(9-21)16-13(19)3-2-4-14(16)20/h2-4,7-8,10H,5-6,9H2,1H3. The number of nitro benzene ring substituents is 2. The Bertz CT molecular complexity index is 993. The molecule has 9 nitrogen and oxygen atoms in total. The van der Waals surface area contributed by atoms with Crippen molar-refractivity contribution in [1.29, 1.82) is 0 Å². The number of carbonyl (C=O) groups excluding carboxylic acids is 1. The number of non-ortho nitro benzene ring substituents is 1. The zero-order valence-electron chi connectivity index (χ0n) is 15.1. The summed E-state index contributed by atoms with van der Waals surface area (Å²) in [7, 11) is 1.04. The van der Waals surface area contributed by atoms with Crippen molar-refractivity contribution in [2.24, 2.45) is 0 Å². The summed E-state index contributed by atoms with van der Waals surface area (Å²) in [5.74, 6) is -3.07. The van der Waals surface area contributed by atoms with Crippen LogP contribution in [0.5, 0.6) is 0 Å². The third-order valence-corrected chi connectivity index (χ3v) is 4.80. The van der Waals surface area contributed by atoms with E-state index in [0.29, 0.717) is 0 Å². The largest absolute Gasteiger partial charge is 0.465 e. The van der Waals surface area contributed by atoms with Crippen molar-refractivity contribution in [1.82, 2.24) is 0 Å². The molecule has 11 heteroatoms. The van der Waals surface area contributed by atoms with Crippen LogP contribution >= 0.6 is 0 Å². The van der Waals surface area contributed by atoms with Gasteiger partial charge in [0.25, 0.3) is 11.4 Å². The van der Waals surface area contributed by atoms with Crippen LogP contribution in [0.1, 0.15) is 28.3 Å². The van der Waals surface area contributed by atoms with E-state index in [9.17, 15) is 33.8 Å². The highest BCUT2D eigenvalue weighted by Gasteiger charge is 2.36. The van der Waals surface area contributed by atoms with Crippen molar-refractivity contribution in [3.63, 3.8) is 0 Å². The molecule has 0 radical (unpaired) electrons. The molecule has 0 spiro atoms. The highest BCUT2D eigenvalue weighted by atomic mass is 19.1. The van der Waals surface area contributed by atoms with Crippen LogP contribution in [-0.2, 0) is 4.74 Å². The van der Waals surface area contributed by atoms with Crippen molar-refractivity contribution in [3.8, 4) is 0 Å². The number of halogens is 2. The Morgan fingerprint density at radius 1 is 1.17 bits per heavy atom. The van der Waals surface area contributed by atoms with Gasteiger partial charge in [0, 0.05) is 30.6 Å². The lowest BCUT2D eigenvalue weighted by Gasteiger charge is -2.21. The van der Waals surface area contributed by atoms with E-state index in [4.69, 9.17) is 0 Å². The summed E-state index contributed by atoms with van der Waals surface area (Å²) in [6, 6.07) is 5.12. The lowest BCUT2D eigenvalue weighted by atomic mass is 9.97. The average molecular weight is 407 g/mol. The van der Waals surface area contributed by atoms with Gasteiger partial charge in [-0.3, -0.25) is 20.2 Å². The number of anilines is 1. The maximum atomic E-state index is 14.1. The Hall–Kier alpha value is -3.63. The van der Waals surface area contributed by atoms with Gasteiger partial charge in [0.15, 0.2) is 0 Å². The van der Waals surface area contributed by atoms with E-state index < -0.39 is 44.7 Å². The SMILES string of the molecule is COC(=O)c1cc([N+](=O)[O-])cc([N+](=O)[O-])c1N1CCC(c2c(F)cccc2F)C1. The van der Waals surface area contributed by atoms with Crippen molar-refractivity contribution in [2.45, 2.75) is 12.3 Å². The zero-order chi connectivity index (χ0) is 21.3. The molecule has 0 aliphatic carbocycles. The van der Waals surface area contributed by atoms with Gasteiger partial charge in [-0.05, 0) is 18.6 Å². The summed E-state index contributed by atoms with van der Waals surface area (Å²) in [5.41, 5.74) is -1.97. The summed E-state index contributed by atoms with van der Waals surface area (Å²) < 4.78 is 32.9. The molecule has 0 aromatic heterocycles. The number of nitrogens with zero attached hydrogens (tertiary/aromatic N) is 3. The first-order valence-corrected chi connectivity index (χ1v) is 8.48. The second-order valence-electron chi connectivity index (χ2n) is 6.43. The molecule has 2 aromatic rings. The lowest BCUT2D eigenvalue weighted by molar-refractivity contribution is -0.393.